The number of nitrogens with zero attached hydrogens (tertiary/aromatic N) is 2. The molecule has 3 heteroatoms. The molecule has 10 rings (SSSR count). The van der Waals surface area contributed by atoms with E-state index in [2.05, 4.69) is 114 Å². The minimum atomic E-state index is 0.242. The van der Waals surface area contributed by atoms with Crippen molar-refractivity contribution in [3.05, 3.63) is 121 Å². The van der Waals surface area contributed by atoms with Crippen LogP contribution in [0, 0.1) is 17.8 Å². The van der Waals surface area contributed by atoms with Gasteiger partial charge in [-0.25, -0.2) is 4.98 Å². The number of hydrogen-bond donors (Lipinski definition) is 0. The van der Waals surface area contributed by atoms with Gasteiger partial charge in [0, 0.05) is 16.7 Å². The highest BCUT2D eigenvalue weighted by Crippen LogP contribution is 2.60. The van der Waals surface area contributed by atoms with Crippen molar-refractivity contribution in [2.75, 3.05) is 0 Å². The maximum atomic E-state index is 5.68. The highest BCUT2D eigenvalue weighted by molar-refractivity contribution is 5.93. The Kier molecular flexibility index (Phi) is 5.69. The summed E-state index contributed by atoms with van der Waals surface area (Å²) in [6.45, 7) is 0. The van der Waals surface area contributed by atoms with Crippen LogP contribution in [-0.4, -0.2) is 9.97 Å². The molecule has 4 saturated carbocycles. The van der Waals surface area contributed by atoms with Crippen molar-refractivity contribution in [3.63, 3.8) is 0 Å². The first-order valence-electron chi connectivity index (χ1n) is 15.8. The molecule has 210 valence electrons. The maximum absolute atomic E-state index is 5.68. The molecule has 0 saturated heterocycles. The molecule has 0 unspecified atom stereocenters. The van der Waals surface area contributed by atoms with Gasteiger partial charge in [0.25, 0.3) is 0 Å². The Balaban J connectivity index is 1.15. The molecule has 0 amide bonds. The number of oxazole rings is 1. The summed E-state index contributed by atoms with van der Waals surface area (Å²) in [6, 6.07) is 39.4. The predicted octanol–water partition coefficient (Wildman–Crippen LogP) is 10.4. The lowest BCUT2D eigenvalue weighted by Gasteiger charge is -2.56. The summed E-state index contributed by atoms with van der Waals surface area (Å²) in [5, 5.41) is 0. The van der Waals surface area contributed by atoms with Gasteiger partial charge in [0.05, 0.1) is 5.69 Å². The number of fused-ring (bicyclic) bond motifs is 1. The number of rotatable bonds is 5. The van der Waals surface area contributed by atoms with E-state index >= 15 is 0 Å². The smallest absolute Gasteiger partial charge is 0.181 e. The van der Waals surface area contributed by atoms with E-state index in [9.17, 15) is 0 Å². The SMILES string of the molecule is c1ccc(-c2cc(-c3ccc(-c4cc5ncoc5cc4-c4ccccc4)cc3)cc(C34CC5CC(CC(C5)C3)C4)n2)cc1. The molecule has 4 aliphatic rings. The summed E-state index contributed by atoms with van der Waals surface area (Å²) in [7, 11) is 0. The fourth-order valence-corrected chi connectivity index (χ4v) is 8.99. The van der Waals surface area contributed by atoms with Crippen LogP contribution in [0.3, 0.4) is 0 Å². The minimum Gasteiger partial charge on any atom is -0.443 e. The van der Waals surface area contributed by atoms with Crippen LogP contribution in [0.25, 0.3) is 55.7 Å². The monoisotopic (exact) mass is 558 g/mol. The average Bonchev–Trinajstić information content (AvgIpc) is 3.52. The maximum Gasteiger partial charge on any atom is 0.181 e. The zero-order chi connectivity index (χ0) is 28.4. The number of pyridine rings is 1. The third-order valence-corrected chi connectivity index (χ3v) is 10.6. The second kappa shape index (κ2) is 9.77. The highest BCUT2D eigenvalue weighted by atomic mass is 16.3. The fourth-order valence-electron chi connectivity index (χ4n) is 8.99. The topological polar surface area (TPSA) is 38.9 Å². The van der Waals surface area contributed by atoms with Gasteiger partial charge in [-0.3, -0.25) is 4.98 Å². The molecule has 0 spiro atoms. The summed E-state index contributed by atoms with van der Waals surface area (Å²) in [5.41, 5.74) is 12.7. The predicted molar refractivity (Wildman–Crippen MR) is 173 cm³/mol. The van der Waals surface area contributed by atoms with E-state index < -0.39 is 0 Å². The van der Waals surface area contributed by atoms with Gasteiger partial charge in [0.15, 0.2) is 12.0 Å². The second-order valence-electron chi connectivity index (χ2n) is 13.4. The van der Waals surface area contributed by atoms with E-state index in [0.29, 0.717) is 0 Å². The summed E-state index contributed by atoms with van der Waals surface area (Å²) >= 11 is 0. The number of hydrogen-bond acceptors (Lipinski definition) is 3. The van der Waals surface area contributed by atoms with Crippen molar-refractivity contribution in [1.82, 2.24) is 9.97 Å². The molecule has 0 N–H and O–H groups in total. The van der Waals surface area contributed by atoms with Crippen molar-refractivity contribution in [3.8, 4) is 44.6 Å². The molecule has 4 aromatic carbocycles. The Labute approximate surface area is 252 Å². The molecule has 2 heterocycles. The highest BCUT2D eigenvalue weighted by Gasteiger charge is 2.52. The first-order chi connectivity index (χ1) is 21.2. The third-order valence-electron chi connectivity index (χ3n) is 10.6. The summed E-state index contributed by atoms with van der Waals surface area (Å²) in [6.07, 6.45) is 9.80. The van der Waals surface area contributed by atoms with Crippen LogP contribution < -0.4 is 0 Å². The van der Waals surface area contributed by atoms with Crippen molar-refractivity contribution in [2.45, 2.75) is 43.9 Å². The zero-order valence-corrected chi connectivity index (χ0v) is 24.2. The van der Waals surface area contributed by atoms with Crippen LogP contribution in [0.1, 0.15) is 44.2 Å². The van der Waals surface area contributed by atoms with Gasteiger partial charge in [-0.1, -0.05) is 84.9 Å². The molecule has 0 radical (unpaired) electrons. The van der Waals surface area contributed by atoms with Gasteiger partial charge >= 0.3 is 0 Å². The number of aromatic nitrogens is 2. The third kappa shape index (κ3) is 4.33. The second-order valence-corrected chi connectivity index (χ2v) is 13.4. The summed E-state index contributed by atoms with van der Waals surface area (Å²) in [4.78, 5) is 9.89. The van der Waals surface area contributed by atoms with E-state index in [1.807, 2.05) is 0 Å². The van der Waals surface area contributed by atoms with Gasteiger partial charge < -0.3 is 4.42 Å². The van der Waals surface area contributed by atoms with Gasteiger partial charge in [0.1, 0.15) is 5.52 Å². The largest absolute Gasteiger partial charge is 0.443 e. The van der Waals surface area contributed by atoms with Crippen molar-refractivity contribution < 1.29 is 4.42 Å². The van der Waals surface area contributed by atoms with Gasteiger partial charge in [0.2, 0.25) is 0 Å². The van der Waals surface area contributed by atoms with Crippen molar-refractivity contribution >= 4 is 11.1 Å². The molecule has 0 aliphatic heterocycles. The molecule has 4 aliphatic carbocycles. The Morgan fingerprint density at radius 3 is 1.81 bits per heavy atom. The molecule has 3 nitrogen and oxygen atoms in total. The lowest BCUT2D eigenvalue weighted by molar-refractivity contribution is -0.00712. The van der Waals surface area contributed by atoms with Crippen molar-refractivity contribution in [1.29, 1.82) is 0 Å². The van der Waals surface area contributed by atoms with Crippen LogP contribution >= 0.6 is 0 Å². The first-order valence-corrected chi connectivity index (χ1v) is 15.8. The summed E-state index contributed by atoms with van der Waals surface area (Å²) < 4.78 is 5.68. The molecular weight excluding hydrogens is 524 g/mol. The molecule has 0 atom stereocenters. The van der Waals surface area contributed by atoms with E-state index in [0.717, 1.165) is 45.7 Å². The van der Waals surface area contributed by atoms with E-state index in [1.54, 1.807) is 0 Å². The molecule has 2 aromatic heterocycles. The Morgan fingerprint density at radius 2 is 1.14 bits per heavy atom. The van der Waals surface area contributed by atoms with E-state index in [1.165, 1.54) is 78.4 Å². The van der Waals surface area contributed by atoms with Crippen molar-refractivity contribution in [2.24, 2.45) is 17.8 Å². The zero-order valence-electron chi connectivity index (χ0n) is 24.2. The quantitative estimate of drug-likeness (QED) is 0.211. The lowest BCUT2D eigenvalue weighted by Crippen LogP contribution is -2.49. The Bertz CT molecular complexity index is 1900. The molecule has 6 aromatic rings. The molecule has 4 bridgehead atoms. The lowest BCUT2D eigenvalue weighted by atomic mass is 9.48. The van der Waals surface area contributed by atoms with Crippen LogP contribution in [0.5, 0.6) is 0 Å². The van der Waals surface area contributed by atoms with E-state index in [4.69, 9.17) is 9.40 Å². The molecule has 4 fully saturated rings. The van der Waals surface area contributed by atoms with Gasteiger partial charge in [-0.15, -0.1) is 0 Å². The average molecular weight is 559 g/mol. The fraction of sp³-hybridized carbons (Fsp3) is 0.250. The Hall–Kier alpha value is -4.50. The number of benzene rings is 4. The first kappa shape index (κ1) is 25.0. The van der Waals surface area contributed by atoms with Crippen LogP contribution in [-0.2, 0) is 5.41 Å². The van der Waals surface area contributed by atoms with Crippen LogP contribution in [0.2, 0.25) is 0 Å². The van der Waals surface area contributed by atoms with Crippen LogP contribution in [0.15, 0.2) is 120 Å². The minimum absolute atomic E-state index is 0.242. The van der Waals surface area contributed by atoms with Gasteiger partial charge in [-0.05, 0) is 114 Å². The normalized spacial score (nSPS) is 24.0. The molecule has 43 heavy (non-hydrogen) atoms. The Morgan fingerprint density at radius 1 is 0.558 bits per heavy atom. The van der Waals surface area contributed by atoms with Crippen LogP contribution in [0.4, 0.5) is 0 Å². The van der Waals surface area contributed by atoms with Gasteiger partial charge in [-0.2, -0.15) is 0 Å². The summed E-state index contributed by atoms with van der Waals surface area (Å²) in [5.74, 6) is 2.66. The standard InChI is InChI=1S/C40H34N2O/c1-3-7-30(8-4-1)35-21-38-37(41-25-43-38)20-34(35)31-13-11-29(12-14-31)33-18-36(32-9-5-2-6-10-32)42-39(19-33)40-22-26-15-27(23-40)17-28(16-26)24-40/h1-14,18-21,25-28H,15-17,22-24H2. The van der Waals surface area contributed by atoms with E-state index in [-0.39, 0.29) is 5.41 Å². The molecular formula is C40H34N2O.